The summed E-state index contributed by atoms with van der Waals surface area (Å²) >= 11 is 2.03. The lowest BCUT2D eigenvalue weighted by molar-refractivity contribution is 0.258. The molecule has 0 aliphatic rings. The third-order valence-electron chi connectivity index (χ3n) is 4.37. The maximum absolute atomic E-state index is 2.56. The Bertz CT molecular complexity index is 686. The average Bonchev–Trinajstić information content (AvgIpc) is 2.70. The zero-order valence-electron chi connectivity index (χ0n) is 15.3. The van der Waals surface area contributed by atoms with Crippen molar-refractivity contribution in [3.05, 3.63) is 108 Å². The largest absolute Gasteiger partial charge is 0.295 e. The number of nitrogens with zero attached hydrogens (tertiary/aromatic N) is 1. The first kappa shape index (κ1) is 18.8. The Morgan fingerprint density at radius 2 is 1.04 bits per heavy atom. The molecule has 0 aromatic heterocycles. The summed E-state index contributed by atoms with van der Waals surface area (Å²) in [6.45, 7) is 3.16. The van der Waals surface area contributed by atoms with Crippen LogP contribution in [-0.2, 0) is 18.8 Å². The van der Waals surface area contributed by atoms with Crippen molar-refractivity contribution in [2.75, 3.05) is 12.3 Å². The lowest BCUT2D eigenvalue weighted by Crippen LogP contribution is -2.24. The van der Waals surface area contributed by atoms with E-state index in [9.17, 15) is 0 Å². The molecule has 0 heterocycles. The van der Waals surface area contributed by atoms with E-state index in [-0.39, 0.29) is 0 Å². The first-order valence-corrected chi connectivity index (χ1v) is 10.5. The minimum absolute atomic E-state index is 1.01. The quantitative estimate of drug-likeness (QED) is 0.407. The molecule has 134 valence electrons. The molecule has 3 aromatic carbocycles. The van der Waals surface area contributed by atoms with Crippen LogP contribution >= 0.6 is 11.8 Å². The second-order valence-electron chi connectivity index (χ2n) is 6.57. The molecule has 3 aromatic rings. The Labute approximate surface area is 162 Å². The van der Waals surface area contributed by atoms with Gasteiger partial charge in [-0.05, 0) is 35.4 Å². The number of thioether (sulfide) groups is 1. The third-order valence-corrected chi connectivity index (χ3v) is 5.49. The molecule has 0 bridgehead atoms. The second kappa shape index (κ2) is 10.8. The molecular weight excluding hydrogens is 334 g/mol. The van der Waals surface area contributed by atoms with Crippen molar-refractivity contribution in [3.63, 3.8) is 0 Å². The summed E-state index contributed by atoms with van der Waals surface area (Å²) in [7, 11) is 0. The zero-order chi connectivity index (χ0) is 17.9. The van der Waals surface area contributed by atoms with Gasteiger partial charge in [0.05, 0.1) is 0 Å². The van der Waals surface area contributed by atoms with Crippen LogP contribution in [0.3, 0.4) is 0 Å². The van der Waals surface area contributed by atoms with Crippen LogP contribution in [0, 0.1) is 0 Å². The lowest BCUT2D eigenvalue weighted by Gasteiger charge is -2.22. The number of hydrogen-bond donors (Lipinski definition) is 0. The Morgan fingerprint density at radius 1 is 0.577 bits per heavy atom. The minimum Gasteiger partial charge on any atom is -0.295 e. The summed E-state index contributed by atoms with van der Waals surface area (Å²) in [6, 6.07) is 32.3. The van der Waals surface area contributed by atoms with Crippen molar-refractivity contribution in [1.29, 1.82) is 0 Å². The molecule has 0 radical (unpaired) electrons. The first-order chi connectivity index (χ1) is 12.9. The summed E-state index contributed by atoms with van der Waals surface area (Å²) in [5.41, 5.74) is 4.20. The molecule has 0 atom stereocenters. The highest BCUT2D eigenvalue weighted by atomic mass is 32.2. The summed E-state index contributed by atoms with van der Waals surface area (Å²) in [5, 5.41) is 0. The highest BCUT2D eigenvalue weighted by Gasteiger charge is 2.07. The highest BCUT2D eigenvalue weighted by molar-refractivity contribution is 7.98. The van der Waals surface area contributed by atoms with Crippen molar-refractivity contribution in [1.82, 2.24) is 4.90 Å². The fourth-order valence-electron chi connectivity index (χ4n) is 3.05. The van der Waals surface area contributed by atoms with Crippen molar-refractivity contribution in [2.24, 2.45) is 0 Å². The molecule has 0 aliphatic carbocycles. The molecule has 0 fully saturated rings. The van der Waals surface area contributed by atoms with E-state index in [0.29, 0.717) is 0 Å². The predicted octanol–water partition coefficient (Wildman–Crippen LogP) is 6.01. The van der Waals surface area contributed by atoms with Crippen molar-refractivity contribution < 1.29 is 0 Å². The number of hydrogen-bond acceptors (Lipinski definition) is 2. The molecule has 26 heavy (non-hydrogen) atoms. The average molecular weight is 362 g/mol. The molecule has 0 amide bonds. The Kier molecular flexibility index (Phi) is 7.82. The molecule has 2 heteroatoms. The maximum atomic E-state index is 2.56. The van der Waals surface area contributed by atoms with Crippen LogP contribution in [0.25, 0.3) is 0 Å². The van der Waals surface area contributed by atoms with Gasteiger partial charge >= 0.3 is 0 Å². The van der Waals surface area contributed by atoms with Crippen LogP contribution in [0.2, 0.25) is 0 Å². The first-order valence-electron chi connectivity index (χ1n) is 9.32. The molecule has 0 saturated heterocycles. The van der Waals surface area contributed by atoms with Crippen LogP contribution < -0.4 is 0 Å². The van der Waals surface area contributed by atoms with Crippen LogP contribution in [0.4, 0.5) is 0 Å². The fourth-order valence-corrected chi connectivity index (χ4v) is 3.96. The van der Waals surface area contributed by atoms with E-state index in [2.05, 4.69) is 95.9 Å². The third kappa shape index (κ3) is 6.70. The van der Waals surface area contributed by atoms with Gasteiger partial charge < -0.3 is 0 Å². The van der Waals surface area contributed by atoms with E-state index in [0.717, 1.165) is 25.4 Å². The Morgan fingerprint density at radius 3 is 1.54 bits per heavy atom. The van der Waals surface area contributed by atoms with Gasteiger partial charge in [0, 0.05) is 18.8 Å². The van der Waals surface area contributed by atoms with Crippen LogP contribution in [0.5, 0.6) is 0 Å². The fraction of sp³-hybridized carbons (Fsp3) is 0.250. The zero-order valence-corrected chi connectivity index (χ0v) is 16.1. The van der Waals surface area contributed by atoms with Gasteiger partial charge in [-0.1, -0.05) is 91.0 Å². The molecule has 0 saturated carbocycles. The van der Waals surface area contributed by atoms with Gasteiger partial charge in [0.1, 0.15) is 0 Å². The van der Waals surface area contributed by atoms with E-state index in [4.69, 9.17) is 0 Å². The lowest BCUT2D eigenvalue weighted by atomic mass is 10.1. The molecule has 0 unspecified atom stereocenters. The molecule has 0 N–H and O–H groups in total. The van der Waals surface area contributed by atoms with E-state index >= 15 is 0 Å². The highest BCUT2D eigenvalue weighted by Crippen LogP contribution is 2.15. The Balaban J connectivity index is 1.48. The summed E-state index contributed by atoms with van der Waals surface area (Å²) in [4.78, 5) is 2.56. The van der Waals surface area contributed by atoms with Crippen molar-refractivity contribution in [2.45, 2.75) is 25.3 Å². The predicted molar refractivity (Wildman–Crippen MR) is 114 cm³/mol. The van der Waals surface area contributed by atoms with Gasteiger partial charge in [-0.3, -0.25) is 4.90 Å². The smallest absolute Gasteiger partial charge is 0.0237 e. The summed E-state index contributed by atoms with van der Waals surface area (Å²) < 4.78 is 0. The van der Waals surface area contributed by atoms with Crippen LogP contribution in [0.15, 0.2) is 91.0 Å². The van der Waals surface area contributed by atoms with Crippen molar-refractivity contribution >= 4 is 11.8 Å². The molecule has 1 nitrogen and oxygen atoms in total. The molecular formula is C24H27NS. The standard InChI is InChI=1S/C24H27NS/c1-4-11-22(12-5-1)19-25(20-23-13-6-2-7-14-23)17-10-18-26-21-24-15-8-3-9-16-24/h1-9,11-16H,10,17-21H2. The monoisotopic (exact) mass is 361 g/mol. The van der Waals surface area contributed by atoms with E-state index < -0.39 is 0 Å². The maximum Gasteiger partial charge on any atom is 0.0237 e. The molecule has 3 rings (SSSR count). The topological polar surface area (TPSA) is 3.24 Å². The van der Waals surface area contributed by atoms with Gasteiger partial charge in [0.25, 0.3) is 0 Å². The number of benzene rings is 3. The van der Waals surface area contributed by atoms with E-state index in [1.165, 1.54) is 28.9 Å². The number of rotatable bonds is 10. The van der Waals surface area contributed by atoms with E-state index in [1.54, 1.807) is 0 Å². The van der Waals surface area contributed by atoms with Crippen LogP contribution in [-0.4, -0.2) is 17.2 Å². The normalized spacial score (nSPS) is 11.0. The van der Waals surface area contributed by atoms with E-state index in [1.807, 2.05) is 11.8 Å². The minimum atomic E-state index is 1.01. The van der Waals surface area contributed by atoms with Gasteiger partial charge in [-0.15, -0.1) is 0 Å². The SMILES string of the molecule is c1ccc(CSCCCN(Cc2ccccc2)Cc2ccccc2)cc1. The van der Waals surface area contributed by atoms with Crippen molar-refractivity contribution in [3.8, 4) is 0 Å². The Hall–Kier alpha value is -2.03. The molecule has 0 spiro atoms. The van der Waals surface area contributed by atoms with Gasteiger partial charge in [0.15, 0.2) is 0 Å². The van der Waals surface area contributed by atoms with Gasteiger partial charge in [-0.2, -0.15) is 11.8 Å². The van der Waals surface area contributed by atoms with Crippen LogP contribution in [0.1, 0.15) is 23.1 Å². The molecule has 0 aliphatic heterocycles. The summed E-state index contributed by atoms with van der Waals surface area (Å²) in [6.07, 6.45) is 1.22. The van der Waals surface area contributed by atoms with Gasteiger partial charge in [-0.25, -0.2) is 0 Å². The second-order valence-corrected chi connectivity index (χ2v) is 7.68. The summed E-state index contributed by atoms with van der Waals surface area (Å²) in [5.74, 6) is 2.31. The van der Waals surface area contributed by atoms with Gasteiger partial charge in [0.2, 0.25) is 0 Å².